The van der Waals surface area contributed by atoms with Gasteiger partial charge in [0.1, 0.15) is 0 Å². The van der Waals surface area contributed by atoms with Crippen LogP contribution in [0.3, 0.4) is 0 Å². The summed E-state index contributed by atoms with van der Waals surface area (Å²) in [5, 5.41) is 0. The van der Waals surface area contributed by atoms with Gasteiger partial charge < -0.3 is 10.5 Å². The summed E-state index contributed by atoms with van der Waals surface area (Å²) in [6.45, 7) is 0. The first-order chi connectivity index (χ1) is 9.15. The van der Waals surface area contributed by atoms with Gasteiger partial charge in [0.15, 0.2) is 0 Å². The summed E-state index contributed by atoms with van der Waals surface area (Å²) in [7, 11) is 0. The normalized spacial score (nSPS) is 11.6. The quantitative estimate of drug-likeness (QED) is 0.535. The van der Waals surface area contributed by atoms with Crippen molar-refractivity contribution in [2.45, 2.75) is 6.42 Å². The van der Waals surface area contributed by atoms with Crippen LogP contribution in [0.4, 0.5) is 4.79 Å². The van der Waals surface area contributed by atoms with E-state index in [1.807, 2.05) is 24.3 Å². The minimum Gasteiger partial charge on any atom is -0.373 e. The number of ether oxygens (including phenoxy) is 1. The first-order valence-electron chi connectivity index (χ1n) is 5.88. The highest BCUT2D eigenvalue weighted by molar-refractivity contribution is 5.97. The van der Waals surface area contributed by atoms with Crippen LogP contribution in [-0.2, 0) is 11.2 Å². The van der Waals surface area contributed by atoms with E-state index in [9.17, 15) is 9.59 Å². The zero-order valence-electron chi connectivity index (χ0n) is 10.1. The third kappa shape index (κ3) is 1.97. The molecule has 0 fully saturated rings. The summed E-state index contributed by atoms with van der Waals surface area (Å²) in [6.07, 6.45) is -0.234. The maximum Gasteiger partial charge on any atom is 0.412 e. The van der Waals surface area contributed by atoms with Crippen molar-refractivity contribution in [1.29, 1.82) is 0 Å². The fourth-order valence-electron chi connectivity index (χ4n) is 2.40. The van der Waals surface area contributed by atoms with E-state index >= 15 is 0 Å². The molecule has 1 amide bonds. The molecule has 0 aromatic heterocycles. The minimum atomic E-state index is -1.09. The molecule has 1 aliphatic rings. The molecule has 0 radical (unpaired) electrons. The lowest BCUT2D eigenvalue weighted by Crippen LogP contribution is -2.18. The molecule has 0 saturated heterocycles. The molecular formula is C15H11NO3. The number of primary amides is 1. The van der Waals surface area contributed by atoms with Crippen molar-refractivity contribution in [3.05, 3.63) is 59.2 Å². The first-order valence-corrected chi connectivity index (χ1v) is 5.88. The number of esters is 1. The van der Waals surface area contributed by atoms with Gasteiger partial charge in [0.25, 0.3) is 0 Å². The lowest BCUT2D eigenvalue weighted by molar-refractivity contribution is 0.0638. The zero-order valence-corrected chi connectivity index (χ0v) is 10.1. The largest absolute Gasteiger partial charge is 0.412 e. The van der Waals surface area contributed by atoms with Gasteiger partial charge in [-0.1, -0.05) is 30.3 Å². The predicted molar refractivity (Wildman–Crippen MR) is 69.7 cm³/mol. The van der Waals surface area contributed by atoms with Crippen LogP contribution < -0.4 is 5.73 Å². The topological polar surface area (TPSA) is 69.4 Å². The van der Waals surface area contributed by atoms with Gasteiger partial charge in [-0.2, -0.15) is 0 Å². The molecule has 0 heterocycles. The number of benzene rings is 2. The van der Waals surface area contributed by atoms with E-state index in [0.717, 1.165) is 23.1 Å². The molecule has 1 aliphatic carbocycles. The summed E-state index contributed by atoms with van der Waals surface area (Å²) in [4.78, 5) is 22.2. The lowest BCUT2D eigenvalue weighted by Gasteiger charge is -2.04. The zero-order chi connectivity index (χ0) is 13.4. The van der Waals surface area contributed by atoms with E-state index < -0.39 is 12.1 Å². The van der Waals surface area contributed by atoms with E-state index in [1.54, 1.807) is 12.1 Å². The fraction of sp³-hybridized carbons (Fsp3) is 0.0667. The van der Waals surface area contributed by atoms with Crippen molar-refractivity contribution < 1.29 is 14.3 Å². The monoisotopic (exact) mass is 253 g/mol. The van der Waals surface area contributed by atoms with E-state index in [1.165, 1.54) is 5.56 Å². The van der Waals surface area contributed by atoms with Crippen molar-refractivity contribution in [2.75, 3.05) is 0 Å². The first kappa shape index (κ1) is 11.5. The molecule has 3 rings (SSSR count). The van der Waals surface area contributed by atoms with Crippen LogP contribution in [0.2, 0.25) is 0 Å². The van der Waals surface area contributed by atoms with Crippen LogP contribution in [0.1, 0.15) is 21.5 Å². The molecule has 19 heavy (non-hydrogen) atoms. The molecule has 94 valence electrons. The van der Waals surface area contributed by atoms with Crippen molar-refractivity contribution in [3.63, 3.8) is 0 Å². The Labute approximate surface area is 109 Å². The average molecular weight is 253 g/mol. The number of rotatable bonds is 1. The Hall–Kier alpha value is -2.62. The molecule has 4 nitrogen and oxygen atoms in total. The molecule has 2 aromatic rings. The van der Waals surface area contributed by atoms with Crippen LogP contribution in [-0.4, -0.2) is 12.1 Å². The van der Waals surface area contributed by atoms with Gasteiger partial charge in [0.2, 0.25) is 0 Å². The maximum absolute atomic E-state index is 11.6. The molecule has 0 aliphatic heterocycles. The molecule has 0 bridgehead atoms. The SMILES string of the molecule is NC(=O)OC(=O)c1ccc2c(c1)-c1ccccc1C2. The summed E-state index contributed by atoms with van der Waals surface area (Å²) >= 11 is 0. The van der Waals surface area contributed by atoms with Crippen molar-refractivity contribution >= 4 is 12.1 Å². The van der Waals surface area contributed by atoms with Crippen molar-refractivity contribution in [2.24, 2.45) is 5.73 Å². The van der Waals surface area contributed by atoms with Crippen LogP contribution in [0, 0.1) is 0 Å². The molecule has 0 spiro atoms. The van der Waals surface area contributed by atoms with Crippen LogP contribution in [0.25, 0.3) is 11.1 Å². The smallest absolute Gasteiger partial charge is 0.373 e. The second kappa shape index (κ2) is 4.24. The Morgan fingerprint density at radius 3 is 2.53 bits per heavy atom. The summed E-state index contributed by atoms with van der Waals surface area (Å²) in [5.41, 5.74) is 9.69. The van der Waals surface area contributed by atoms with Gasteiger partial charge in [0, 0.05) is 0 Å². The number of fused-ring (bicyclic) bond motifs is 3. The Morgan fingerprint density at radius 2 is 1.74 bits per heavy atom. The van der Waals surface area contributed by atoms with E-state index in [2.05, 4.69) is 10.8 Å². The van der Waals surface area contributed by atoms with Crippen molar-refractivity contribution in [1.82, 2.24) is 0 Å². The van der Waals surface area contributed by atoms with Gasteiger partial charge in [-0.15, -0.1) is 0 Å². The highest BCUT2D eigenvalue weighted by atomic mass is 16.6. The van der Waals surface area contributed by atoms with Gasteiger partial charge in [-0.25, -0.2) is 9.59 Å². The summed E-state index contributed by atoms with van der Waals surface area (Å²) in [5.74, 6) is -0.723. The fourth-order valence-corrected chi connectivity index (χ4v) is 2.40. The number of nitrogens with two attached hydrogens (primary N) is 1. The van der Waals surface area contributed by atoms with E-state index in [4.69, 9.17) is 5.73 Å². The molecule has 0 saturated carbocycles. The number of amides is 1. The number of carbonyl (C=O) groups excluding carboxylic acids is 2. The second-order valence-corrected chi connectivity index (χ2v) is 4.41. The molecule has 4 heteroatoms. The summed E-state index contributed by atoms with van der Waals surface area (Å²) < 4.78 is 4.38. The third-order valence-electron chi connectivity index (χ3n) is 3.23. The molecular weight excluding hydrogens is 242 g/mol. The average Bonchev–Trinajstić information content (AvgIpc) is 2.75. The minimum absolute atomic E-state index is 0.328. The Balaban J connectivity index is 2.02. The molecule has 0 atom stereocenters. The molecule has 2 N–H and O–H groups in total. The Bertz CT molecular complexity index is 692. The Kier molecular flexibility index (Phi) is 2.56. The summed E-state index contributed by atoms with van der Waals surface area (Å²) in [6, 6.07) is 13.3. The van der Waals surface area contributed by atoms with Crippen LogP contribution in [0.5, 0.6) is 0 Å². The van der Waals surface area contributed by atoms with Crippen molar-refractivity contribution in [3.8, 4) is 11.1 Å². The van der Waals surface area contributed by atoms with Gasteiger partial charge in [0.05, 0.1) is 5.56 Å². The van der Waals surface area contributed by atoms with Gasteiger partial charge in [-0.05, 0) is 40.8 Å². The second-order valence-electron chi connectivity index (χ2n) is 4.41. The van der Waals surface area contributed by atoms with E-state index in [0.29, 0.717) is 5.56 Å². The van der Waals surface area contributed by atoms with Gasteiger partial charge >= 0.3 is 12.1 Å². The third-order valence-corrected chi connectivity index (χ3v) is 3.23. The predicted octanol–water partition coefficient (Wildman–Crippen LogP) is 2.49. The van der Waals surface area contributed by atoms with Crippen LogP contribution in [0.15, 0.2) is 42.5 Å². The van der Waals surface area contributed by atoms with E-state index in [-0.39, 0.29) is 0 Å². The lowest BCUT2D eigenvalue weighted by atomic mass is 10.0. The standard InChI is InChI=1S/C15H11NO3/c16-15(18)19-14(17)11-6-5-10-7-9-3-1-2-4-12(9)13(10)8-11/h1-6,8H,7H2,(H2,16,18). The molecule has 0 unspecified atom stereocenters. The highest BCUT2D eigenvalue weighted by Gasteiger charge is 2.20. The number of hydrogen-bond acceptors (Lipinski definition) is 3. The Morgan fingerprint density at radius 1 is 1.00 bits per heavy atom. The van der Waals surface area contributed by atoms with Crippen LogP contribution >= 0.6 is 0 Å². The maximum atomic E-state index is 11.6. The molecule has 2 aromatic carbocycles. The number of hydrogen-bond donors (Lipinski definition) is 1. The highest BCUT2D eigenvalue weighted by Crippen LogP contribution is 2.36. The van der Waals surface area contributed by atoms with Gasteiger partial charge in [-0.3, -0.25) is 0 Å². The number of carbonyl (C=O) groups is 2.